The Morgan fingerprint density at radius 2 is 1.94 bits per heavy atom. The molecule has 0 saturated heterocycles. The van der Waals surface area contributed by atoms with Crippen LogP contribution in [0.15, 0.2) is 43.0 Å². The fourth-order valence-electron chi connectivity index (χ4n) is 3.43. The monoisotopic (exact) mass is 455 g/mol. The van der Waals surface area contributed by atoms with Gasteiger partial charge in [-0.3, -0.25) is 19.7 Å². The summed E-state index contributed by atoms with van der Waals surface area (Å²) in [5.41, 5.74) is -0.610. The molecule has 0 bridgehead atoms. The molecule has 0 fully saturated rings. The maximum Gasteiger partial charge on any atom is 0.286 e. The second kappa shape index (κ2) is 9.19. The van der Waals surface area contributed by atoms with Gasteiger partial charge >= 0.3 is 0 Å². The third-order valence-corrected chi connectivity index (χ3v) is 5.18. The molecule has 0 aromatic heterocycles. The van der Waals surface area contributed by atoms with E-state index in [0.29, 0.717) is 17.1 Å². The Morgan fingerprint density at radius 3 is 2.55 bits per heavy atom. The zero-order valence-electron chi connectivity index (χ0n) is 18.8. The first kappa shape index (κ1) is 23.6. The number of carbonyl (C=O) groups is 2. The Hall–Kier alpha value is -4.08. The molecule has 1 aliphatic heterocycles. The van der Waals surface area contributed by atoms with Crippen molar-refractivity contribution in [1.82, 2.24) is 0 Å². The smallest absolute Gasteiger partial charge is 0.286 e. The lowest BCUT2D eigenvalue weighted by molar-refractivity contribution is -0.385. The van der Waals surface area contributed by atoms with Crippen molar-refractivity contribution in [3.63, 3.8) is 0 Å². The molecule has 1 aliphatic rings. The van der Waals surface area contributed by atoms with Gasteiger partial charge in [0.15, 0.2) is 11.5 Å². The number of hydrogen-bond acceptors (Lipinski definition) is 7. The number of nitrogens with zero attached hydrogens (tertiary/aromatic N) is 2. The predicted molar refractivity (Wildman–Crippen MR) is 122 cm³/mol. The van der Waals surface area contributed by atoms with E-state index in [9.17, 15) is 19.7 Å². The fraction of sp³-hybridized carbons (Fsp3) is 0.304. The summed E-state index contributed by atoms with van der Waals surface area (Å²) in [6, 6.07) is 7.19. The minimum atomic E-state index is -0.758. The van der Waals surface area contributed by atoms with E-state index in [-0.39, 0.29) is 36.1 Å². The van der Waals surface area contributed by atoms with Gasteiger partial charge in [0.05, 0.1) is 36.3 Å². The molecular weight excluding hydrogens is 430 g/mol. The molecule has 33 heavy (non-hydrogen) atoms. The molecule has 1 N–H and O–H groups in total. The van der Waals surface area contributed by atoms with Gasteiger partial charge in [-0.25, -0.2) is 0 Å². The average Bonchev–Trinajstić information content (AvgIpc) is 2.88. The van der Waals surface area contributed by atoms with Crippen molar-refractivity contribution in [2.24, 2.45) is 5.41 Å². The van der Waals surface area contributed by atoms with Crippen molar-refractivity contribution >= 4 is 28.9 Å². The minimum Gasteiger partial charge on any atom is -0.493 e. The van der Waals surface area contributed by atoms with Crippen molar-refractivity contribution < 1.29 is 28.7 Å². The van der Waals surface area contributed by atoms with Gasteiger partial charge in [-0.2, -0.15) is 0 Å². The van der Waals surface area contributed by atoms with Crippen LogP contribution in [0, 0.1) is 15.5 Å². The fourth-order valence-corrected chi connectivity index (χ4v) is 3.43. The van der Waals surface area contributed by atoms with Gasteiger partial charge in [-0.05, 0) is 32.0 Å². The topological polar surface area (TPSA) is 120 Å². The summed E-state index contributed by atoms with van der Waals surface area (Å²) in [6.45, 7) is 7.73. The van der Waals surface area contributed by atoms with Crippen LogP contribution in [0.3, 0.4) is 0 Å². The number of benzene rings is 2. The summed E-state index contributed by atoms with van der Waals surface area (Å²) >= 11 is 0. The first-order chi connectivity index (χ1) is 15.6. The van der Waals surface area contributed by atoms with E-state index in [4.69, 9.17) is 14.2 Å². The second-order valence-corrected chi connectivity index (χ2v) is 8.00. The van der Waals surface area contributed by atoms with E-state index in [1.165, 1.54) is 25.2 Å². The molecule has 3 rings (SSSR count). The summed E-state index contributed by atoms with van der Waals surface area (Å²) in [5, 5.41) is 14.2. The highest BCUT2D eigenvalue weighted by molar-refractivity contribution is 6.08. The number of amides is 2. The zero-order chi connectivity index (χ0) is 24.3. The molecule has 2 aromatic carbocycles. The molecule has 0 spiro atoms. The van der Waals surface area contributed by atoms with Crippen LogP contribution in [-0.2, 0) is 4.79 Å². The molecule has 174 valence electrons. The predicted octanol–water partition coefficient (Wildman–Crippen LogP) is 3.80. The maximum absolute atomic E-state index is 13.0. The summed E-state index contributed by atoms with van der Waals surface area (Å²) in [7, 11) is 2.71. The van der Waals surface area contributed by atoms with Crippen LogP contribution >= 0.6 is 0 Å². The van der Waals surface area contributed by atoms with Crippen LogP contribution in [0.1, 0.15) is 24.2 Å². The molecule has 0 saturated carbocycles. The summed E-state index contributed by atoms with van der Waals surface area (Å²) < 4.78 is 16.1. The Morgan fingerprint density at radius 1 is 1.27 bits per heavy atom. The van der Waals surface area contributed by atoms with Crippen molar-refractivity contribution in [2.45, 2.75) is 13.8 Å². The van der Waals surface area contributed by atoms with Crippen molar-refractivity contribution in [3.8, 4) is 17.2 Å². The molecule has 2 aromatic rings. The standard InChI is InChI=1S/C23H25N3O7/c1-6-9-25-17-10-14(7-8-18(17)33-13-23(2,3)22(25)28)24-21(27)15-11-19(31-4)20(32-5)12-16(15)26(29)30/h6-8,10-12H,1,9,13H2,2-5H3,(H,24,27). The van der Waals surface area contributed by atoms with Gasteiger partial charge in [0.1, 0.15) is 17.9 Å². The van der Waals surface area contributed by atoms with Crippen molar-refractivity contribution in [1.29, 1.82) is 0 Å². The molecule has 10 heteroatoms. The summed E-state index contributed by atoms with van der Waals surface area (Å²) in [4.78, 5) is 38.4. The summed E-state index contributed by atoms with van der Waals surface area (Å²) in [5.74, 6) is -0.0946. The van der Waals surface area contributed by atoms with Gasteiger partial charge in [0, 0.05) is 18.3 Å². The highest BCUT2D eigenvalue weighted by Crippen LogP contribution is 2.39. The number of hydrogen-bond donors (Lipinski definition) is 1. The van der Waals surface area contributed by atoms with Crippen molar-refractivity contribution in [3.05, 3.63) is 58.7 Å². The number of anilines is 2. The van der Waals surface area contributed by atoms with Crippen LogP contribution in [0.4, 0.5) is 17.1 Å². The van der Waals surface area contributed by atoms with E-state index in [2.05, 4.69) is 11.9 Å². The van der Waals surface area contributed by atoms with Crippen LogP contribution < -0.4 is 24.4 Å². The Labute approximate surface area is 190 Å². The Balaban J connectivity index is 2.00. The second-order valence-electron chi connectivity index (χ2n) is 8.00. The quantitative estimate of drug-likeness (QED) is 0.383. The average molecular weight is 455 g/mol. The van der Waals surface area contributed by atoms with E-state index in [1.807, 2.05) is 0 Å². The number of nitro benzene ring substituents is 1. The number of nitro groups is 1. The molecule has 1 heterocycles. The van der Waals surface area contributed by atoms with Gasteiger partial charge in [-0.1, -0.05) is 6.08 Å². The number of fused-ring (bicyclic) bond motifs is 1. The first-order valence-corrected chi connectivity index (χ1v) is 10.0. The van der Waals surface area contributed by atoms with Gasteiger partial charge < -0.3 is 24.4 Å². The van der Waals surface area contributed by atoms with Crippen LogP contribution in [0.25, 0.3) is 0 Å². The SMILES string of the molecule is C=CCN1C(=O)C(C)(C)COc2ccc(NC(=O)c3cc(OC)c(OC)cc3[N+](=O)[O-])cc21. The molecule has 2 amide bonds. The van der Waals surface area contributed by atoms with Crippen LogP contribution in [0.5, 0.6) is 17.2 Å². The molecular formula is C23H25N3O7. The van der Waals surface area contributed by atoms with Gasteiger partial charge in [-0.15, -0.1) is 6.58 Å². The van der Waals surface area contributed by atoms with Crippen molar-refractivity contribution in [2.75, 3.05) is 37.6 Å². The lowest BCUT2D eigenvalue weighted by atomic mass is 9.93. The molecule has 10 nitrogen and oxygen atoms in total. The molecule has 0 aliphatic carbocycles. The van der Waals surface area contributed by atoms with Gasteiger partial charge in [0.2, 0.25) is 5.91 Å². The highest BCUT2D eigenvalue weighted by Gasteiger charge is 2.37. The van der Waals surface area contributed by atoms with E-state index < -0.39 is 21.9 Å². The maximum atomic E-state index is 13.0. The van der Waals surface area contributed by atoms with Gasteiger partial charge in [0.25, 0.3) is 11.6 Å². The number of rotatable bonds is 7. The minimum absolute atomic E-state index is 0.129. The number of nitrogens with one attached hydrogen (secondary N) is 1. The first-order valence-electron chi connectivity index (χ1n) is 10.0. The van der Waals surface area contributed by atoms with E-state index in [1.54, 1.807) is 38.1 Å². The third-order valence-electron chi connectivity index (χ3n) is 5.18. The normalized spacial score (nSPS) is 14.4. The highest BCUT2D eigenvalue weighted by atomic mass is 16.6. The number of methoxy groups -OCH3 is 2. The summed E-state index contributed by atoms with van der Waals surface area (Å²) in [6.07, 6.45) is 1.60. The number of carbonyl (C=O) groups excluding carboxylic acids is 2. The largest absolute Gasteiger partial charge is 0.493 e. The van der Waals surface area contributed by atoms with Crippen LogP contribution in [0.2, 0.25) is 0 Å². The van der Waals surface area contributed by atoms with E-state index in [0.717, 1.165) is 6.07 Å². The third kappa shape index (κ3) is 4.59. The Kier molecular flexibility index (Phi) is 6.57. The van der Waals surface area contributed by atoms with E-state index >= 15 is 0 Å². The number of ether oxygens (including phenoxy) is 3. The molecule has 0 atom stereocenters. The zero-order valence-corrected chi connectivity index (χ0v) is 18.8. The Bertz CT molecular complexity index is 1130. The van der Waals surface area contributed by atoms with Crippen LogP contribution in [-0.4, -0.2) is 44.1 Å². The lowest BCUT2D eigenvalue weighted by Gasteiger charge is -2.27. The molecule has 0 unspecified atom stereocenters. The molecule has 0 radical (unpaired) electrons. The lowest BCUT2D eigenvalue weighted by Crippen LogP contribution is -2.42.